The van der Waals surface area contributed by atoms with E-state index in [0.717, 1.165) is 12.5 Å². The molecule has 0 radical (unpaired) electrons. The third-order valence-electron chi connectivity index (χ3n) is 3.58. The predicted molar refractivity (Wildman–Crippen MR) is 77.3 cm³/mol. The zero-order valence-electron chi connectivity index (χ0n) is 11.6. The Morgan fingerprint density at radius 3 is 2.86 bits per heavy atom. The van der Waals surface area contributed by atoms with Gasteiger partial charge in [-0.1, -0.05) is 0 Å². The third-order valence-corrected chi connectivity index (χ3v) is 3.58. The van der Waals surface area contributed by atoms with E-state index in [0.29, 0.717) is 24.6 Å². The molecule has 3 rings (SSSR count). The maximum atomic E-state index is 13.8. The number of nitrogens with zero attached hydrogens (tertiary/aromatic N) is 4. The van der Waals surface area contributed by atoms with Gasteiger partial charge in [-0.3, -0.25) is 0 Å². The molecule has 0 aliphatic carbocycles. The number of nitriles is 1. The fraction of sp³-hybridized carbons (Fsp3) is 0.267. The van der Waals surface area contributed by atoms with Gasteiger partial charge in [-0.25, -0.2) is 18.7 Å². The van der Waals surface area contributed by atoms with Crippen LogP contribution in [0.15, 0.2) is 30.6 Å². The summed E-state index contributed by atoms with van der Waals surface area (Å²) < 4.78 is 26.8. The first-order valence-electron chi connectivity index (χ1n) is 6.85. The number of hydrogen-bond donors (Lipinski definition) is 1. The van der Waals surface area contributed by atoms with Gasteiger partial charge in [-0.05, 0) is 18.6 Å². The van der Waals surface area contributed by atoms with Gasteiger partial charge in [0.2, 0.25) is 0 Å². The van der Waals surface area contributed by atoms with Gasteiger partial charge in [0.25, 0.3) is 0 Å². The second kappa shape index (κ2) is 5.93. The molecule has 1 aliphatic heterocycles. The fourth-order valence-corrected chi connectivity index (χ4v) is 2.55. The second-order valence-corrected chi connectivity index (χ2v) is 5.04. The summed E-state index contributed by atoms with van der Waals surface area (Å²) in [7, 11) is 0. The van der Waals surface area contributed by atoms with Gasteiger partial charge in [-0.15, -0.1) is 0 Å². The molecule has 5 nitrogen and oxygen atoms in total. The zero-order chi connectivity index (χ0) is 15.5. The van der Waals surface area contributed by atoms with Crippen LogP contribution in [0.25, 0.3) is 0 Å². The highest BCUT2D eigenvalue weighted by Crippen LogP contribution is 2.25. The molecule has 1 aromatic heterocycles. The first kappa shape index (κ1) is 14.2. The topological polar surface area (TPSA) is 64.8 Å². The van der Waals surface area contributed by atoms with Crippen molar-refractivity contribution in [2.75, 3.05) is 23.3 Å². The Hall–Kier alpha value is -2.75. The normalized spacial score (nSPS) is 17.3. The molecule has 1 aromatic carbocycles. The molecule has 2 heterocycles. The van der Waals surface area contributed by atoms with Crippen LogP contribution in [0.2, 0.25) is 0 Å². The van der Waals surface area contributed by atoms with Crippen LogP contribution in [0.1, 0.15) is 12.1 Å². The van der Waals surface area contributed by atoms with Crippen molar-refractivity contribution in [3.63, 3.8) is 0 Å². The highest BCUT2D eigenvalue weighted by molar-refractivity contribution is 5.52. The van der Waals surface area contributed by atoms with Gasteiger partial charge in [0.05, 0.1) is 5.69 Å². The number of aromatic nitrogens is 2. The molecule has 7 heteroatoms. The summed E-state index contributed by atoms with van der Waals surface area (Å²) in [6.45, 7) is 1.19. The number of anilines is 2. The molecule has 1 N–H and O–H groups in total. The van der Waals surface area contributed by atoms with Crippen molar-refractivity contribution in [3.8, 4) is 6.07 Å². The molecular weight excluding hydrogens is 288 g/mol. The Labute approximate surface area is 126 Å². The van der Waals surface area contributed by atoms with Crippen molar-refractivity contribution in [2.24, 2.45) is 0 Å². The van der Waals surface area contributed by atoms with Gasteiger partial charge in [0, 0.05) is 37.6 Å². The van der Waals surface area contributed by atoms with Gasteiger partial charge in [-0.2, -0.15) is 5.26 Å². The van der Waals surface area contributed by atoms with Crippen molar-refractivity contribution in [1.29, 1.82) is 5.26 Å². The van der Waals surface area contributed by atoms with E-state index in [4.69, 9.17) is 5.26 Å². The Kier molecular flexibility index (Phi) is 3.83. The molecule has 0 saturated carbocycles. The molecule has 2 aromatic rings. The molecule has 1 atom stereocenters. The maximum Gasteiger partial charge on any atom is 0.182 e. The fourth-order valence-electron chi connectivity index (χ4n) is 2.55. The summed E-state index contributed by atoms with van der Waals surface area (Å²) in [5.74, 6) is -0.734. The first-order chi connectivity index (χ1) is 10.7. The van der Waals surface area contributed by atoms with Crippen LogP contribution in [0.3, 0.4) is 0 Å². The molecule has 0 bridgehead atoms. The van der Waals surface area contributed by atoms with E-state index >= 15 is 0 Å². The van der Waals surface area contributed by atoms with Crippen molar-refractivity contribution in [2.45, 2.75) is 12.5 Å². The van der Waals surface area contributed by atoms with Gasteiger partial charge in [0.1, 0.15) is 17.7 Å². The third kappa shape index (κ3) is 2.81. The largest absolute Gasteiger partial charge is 0.367 e. The molecule has 0 amide bonds. The average Bonchev–Trinajstić information content (AvgIpc) is 2.96. The maximum absolute atomic E-state index is 13.8. The summed E-state index contributed by atoms with van der Waals surface area (Å²) in [5.41, 5.74) is 0.610. The van der Waals surface area contributed by atoms with Crippen LogP contribution in [0.4, 0.5) is 20.3 Å². The minimum Gasteiger partial charge on any atom is -0.367 e. The minimum absolute atomic E-state index is 0.0215. The zero-order valence-corrected chi connectivity index (χ0v) is 11.6. The van der Waals surface area contributed by atoms with Crippen LogP contribution >= 0.6 is 0 Å². The van der Waals surface area contributed by atoms with E-state index < -0.39 is 11.6 Å². The molecule has 112 valence electrons. The second-order valence-electron chi connectivity index (χ2n) is 5.04. The monoisotopic (exact) mass is 301 g/mol. The number of halogens is 2. The standard InChI is InChI=1S/C15H13F2N5/c16-10-1-2-14(12(17)7-10)22-6-3-11(9-22)21-15-13(8-18)19-4-5-20-15/h1-2,4-5,7,11H,3,6,9H2,(H,20,21). The summed E-state index contributed by atoms with van der Waals surface area (Å²) in [4.78, 5) is 9.88. The lowest BCUT2D eigenvalue weighted by molar-refractivity contribution is 0.581. The van der Waals surface area contributed by atoms with Crippen LogP contribution in [-0.2, 0) is 0 Å². The van der Waals surface area contributed by atoms with Crippen molar-refractivity contribution in [3.05, 3.63) is 47.9 Å². The van der Waals surface area contributed by atoms with E-state index in [2.05, 4.69) is 15.3 Å². The quantitative estimate of drug-likeness (QED) is 0.942. The molecule has 0 spiro atoms. The number of nitrogens with one attached hydrogen (secondary N) is 1. The molecule has 22 heavy (non-hydrogen) atoms. The predicted octanol–water partition coefficient (Wildman–Crippen LogP) is 2.32. The van der Waals surface area contributed by atoms with Crippen molar-refractivity contribution in [1.82, 2.24) is 9.97 Å². The first-order valence-corrected chi connectivity index (χ1v) is 6.85. The van der Waals surface area contributed by atoms with Gasteiger partial charge < -0.3 is 10.2 Å². The minimum atomic E-state index is -0.589. The molecule has 1 fully saturated rings. The lowest BCUT2D eigenvalue weighted by Gasteiger charge is -2.20. The molecular formula is C15H13F2N5. The lowest BCUT2D eigenvalue weighted by atomic mass is 10.2. The van der Waals surface area contributed by atoms with Crippen molar-refractivity contribution >= 4 is 11.5 Å². The SMILES string of the molecule is N#Cc1nccnc1NC1CCN(c2ccc(F)cc2F)C1. The van der Waals surface area contributed by atoms with E-state index in [-0.39, 0.29) is 11.7 Å². The number of hydrogen-bond acceptors (Lipinski definition) is 5. The van der Waals surface area contributed by atoms with Gasteiger partial charge >= 0.3 is 0 Å². The number of rotatable bonds is 3. The summed E-state index contributed by atoms with van der Waals surface area (Å²) >= 11 is 0. The van der Waals surface area contributed by atoms with Crippen LogP contribution in [-0.4, -0.2) is 29.1 Å². The Morgan fingerprint density at radius 1 is 1.27 bits per heavy atom. The van der Waals surface area contributed by atoms with E-state index in [9.17, 15) is 8.78 Å². The van der Waals surface area contributed by atoms with Crippen LogP contribution < -0.4 is 10.2 Å². The average molecular weight is 301 g/mol. The molecule has 1 saturated heterocycles. The molecule has 1 aliphatic rings. The molecule has 1 unspecified atom stereocenters. The Balaban J connectivity index is 1.71. The smallest absolute Gasteiger partial charge is 0.182 e. The van der Waals surface area contributed by atoms with E-state index in [1.54, 1.807) is 0 Å². The summed E-state index contributed by atoms with van der Waals surface area (Å²) in [6.07, 6.45) is 3.73. The van der Waals surface area contributed by atoms with E-state index in [1.807, 2.05) is 11.0 Å². The summed E-state index contributed by atoms with van der Waals surface area (Å²) in [5, 5.41) is 12.2. The van der Waals surface area contributed by atoms with Crippen molar-refractivity contribution < 1.29 is 8.78 Å². The van der Waals surface area contributed by atoms with E-state index in [1.165, 1.54) is 24.5 Å². The Morgan fingerprint density at radius 2 is 2.09 bits per heavy atom. The Bertz CT molecular complexity index is 728. The summed E-state index contributed by atoms with van der Waals surface area (Å²) in [6, 6.07) is 5.57. The van der Waals surface area contributed by atoms with Crippen LogP contribution in [0.5, 0.6) is 0 Å². The number of benzene rings is 1. The highest BCUT2D eigenvalue weighted by atomic mass is 19.1. The van der Waals surface area contributed by atoms with Crippen LogP contribution in [0, 0.1) is 23.0 Å². The van der Waals surface area contributed by atoms with Gasteiger partial charge in [0.15, 0.2) is 11.5 Å². The highest BCUT2D eigenvalue weighted by Gasteiger charge is 2.25. The lowest BCUT2D eigenvalue weighted by Crippen LogP contribution is -2.27.